The largest absolute Gasteiger partial charge is 0.343 e. The van der Waals surface area contributed by atoms with Gasteiger partial charge in [0, 0.05) is 44.8 Å². The van der Waals surface area contributed by atoms with Gasteiger partial charge in [0.05, 0.1) is 6.04 Å². The van der Waals surface area contributed by atoms with Crippen LogP contribution in [0.1, 0.15) is 49.5 Å². The van der Waals surface area contributed by atoms with Gasteiger partial charge in [-0.25, -0.2) is 4.98 Å². The van der Waals surface area contributed by atoms with E-state index in [0.29, 0.717) is 31.9 Å². The van der Waals surface area contributed by atoms with Crippen molar-refractivity contribution in [2.75, 3.05) is 33.2 Å². The molecule has 2 atom stereocenters. The zero-order chi connectivity index (χ0) is 24.2. The summed E-state index contributed by atoms with van der Waals surface area (Å²) in [6.07, 6.45) is 7.00. The lowest BCUT2D eigenvalue weighted by molar-refractivity contribution is -0.140. The average Bonchev–Trinajstić information content (AvgIpc) is 3.22. The van der Waals surface area contributed by atoms with Crippen LogP contribution >= 0.6 is 0 Å². The van der Waals surface area contributed by atoms with Gasteiger partial charge >= 0.3 is 0 Å². The molecular formula is C25H36N6O3. The molecule has 9 nitrogen and oxygen atoms in total. The van der Waals surface area contributed by atoms with E-state index in [4.69, 9.17) is 0 Å². The third-order valence-electron chi connectivity index (χ3n) is 7.40. The molecule has 1 saturated carbocycles. The van der Waals surface area contributed by atoms with E-state index < -0.39 is 6.04 Å². The third kappa shape index (κ3) is 4.94. The molecule has 184 valence electrons. The Morgan fingerprint density at radius 1 is 1.06 bits per heavy atom. The van der Waals surface area contributed by atoms with E-state index in [1.165, 1.54) is 6.42 Å². The zero-order valence-corrected chi connectivity index (χ0v) is 20.4. The standard InChI is InChI=1S/C25H36N6O3/c1-17(26-2)23(32)28-21(18-8-5-4-6-9-18)25(34)31-14-12-30(13-15-31)24(33)20-16-19-10-7-11-27-22(19)29(20)3/h7,10-11,16-18,21,26H,4-6,8-9,12-15H2,1-3H3,(H,28,32)/t17-,21?/m0/s1. The molecule has 2 fully saturated rings. The minimum absolute atomic E-state index is 0.0237. The average molecular weight is 469 g/mol. The maximum atomic E-state index is 13.5. The summed E-state index contributed by atoms with van der Waals surface area (Å²) in [6.45, 7) is 3.67. The van der Waals surface area contributed by atoms with Gasteiger partial charge in [0.15, 0.2) is 0 Å². The summed E-state index contributed by atoms with van der Waals surface area (Å²) < 4.78 is 1.83. The second kappa shape index (κ2) is 10.5. The highest BCUT2D eigenvalue weighted by molar-refractivity contribution is 5.98. The van der Waals surface area contributed by atoms with Crippen LogP contribution in [-0.2, 0) is 16.6 Å². The van der Waals surface area contributed by atoms with Crippen LogP contribution in [0, 0.1) is 5.92 Å². The van der Waals surface area contributed by atoms with Gasteiger partial charge in [-0.3, -0.25) is 14.4 Å². The Morgan fingerprint density at radius 2 is 1.74 bits per heavy atom. The lowest BCUT2D eigenvalue weighted by Crippen LogP contribution is -2.59. The summed E-state index contributed by atoms with van der Waals surface area (Å²) in [5.74, 6) is -0.0566. The molecule has 0 aromatic carbocycles. The van der Waals surface area contributed by atoms with Crippen molar-refractivity contribution in [3.05, 3.63) is 30.1 Å². The Balaban J connectivity index is 1.42. The van der Waals surface area contributed by atoms with E-state index in [1.807, 2.05) is 34.7 Å². The van der Waals surface area contributed by atoms with Gasteiger partial charge in [-0.1, -0.05) is 19.3 Å². The summed E-state index contributed by atoms with van der Waals surface area (Å²) >= 11 is 0. The number of fused-ring (bicyclic) bond motifs is 1. The Labute approximate surface area is 200 Å². The smallest absolute Gasteiger partial charge is 0.270 e. The summed E-state index contributed by atoms with van der Waals surface area (Å²) in [5, 5.41) is 6.92. The molecule has 2 aromatic rings. The molecule has 0 bridgehead atoms. The number of piperazine rings is 1. The van der Waals surface area contributed by atoms with Crippen molar-refractivity contribution in [1.29, 1.82) is 0 Å². The molecule has 9 heteroatoms. The molecule has 2 aromatic heterocycles. The first kappa shape index (κ1) is 24.2. The number of rotatable bonds is 6. The number of aryl methyl sites for hydroxylation is 1. The Morgan fingerprint density at radius 3 is 2.38 bits per heavy atom. The first-order chi connectivity index (χ1) is 16.4. The predicted molar refractivity (Wildman–Crippen MR) is 130 cm³/mol. The number of hydrogen-bond acceptors (Lipinski definition) is 5. The SMILES string of the molecule is CN[C@@H](C)C(=O)NC(C(=O)N1CCN(C(=O)c2cc3cccnc3n2C)CC1)C1CCCCC1. The van der Waals surface area contributed by atoms with Crippen molar-refractivity contribution in [2.45, 2.75) is 51.1 Å². The fraction of sp³-hybridized carbons (Fsp3) is 0.600. The lowest BCUT2D eigenvalue weighted by Gasteiger charge is -2.39. The van der Waals surface area contributed by atoms with Crippen LogP contribution < -0.4 is 10.6 Å². The summed E-state index contributed by atoms with van der Waals surface area (Å²) in [7, 11) is 3.59. The number of nitrogens with one attached hydrogen (secondary N) is 2. The zero-order valence-electron chi connectivity index (χ0n) is 20.4. The predicted octanol–water partition coefficient (Wildman–Crippen LogP) is 1.53. The van der Waals surface area contributed by atoms with Crippen LogP contribution in [0.25, 0.3) is 11.0 Å². The second-order valence-corrected chi connectivity index (χ2v) is 9.52. The lowest BCUT2D eigenvalue weighted by atomic mass is 9.83. The van der Waals surface area contributed by atoms with Crippen LogP contribution in [0.3, 0.4) is 0 Å². The van der Waals surface area contributed by atoms with Gasteiger partial charge in [-0.2, -0.15) is 0 Å². The summed E-state index contributed by atoms with van der Waals surface area (Å²) in [5.41, 5.74) is 1.38. The molecule has 34 heavy (non-hydrogen) atoms. The van der Waals surface area contributed by atoms with Gasteiger partial charge in [0.25, 0.3) is 5.91 Å². The van der Waals surface area contributed by atoms with Crippen LogP contribution in [0.2, 0.25) is 0 Å². The fourth-order valence-corrected chi connectivity index (χ4v) is 5.11. The van der Waals surface area contributed by atoms with Crippen molar-refractivity contribution in [2.24, 2.45) is 13.0 Å². The van der Waals surface area contributed by atoms with Crippen LogP contribution in [-0.4, -0.2) is 82.4 Å². The first-order valence-corrected chi connectivity index (χ1v) is 12.4. The minimum atomic E-state index is -0.505. The number of carbonyl (C=O) groups excluding carboxylic acids is 3. The Kier molecular flexibility index (Phi) is 7.50. The molecule has 1 unspecified atom stereocenters. The van der Waals surface area contributed by atoms with Gasteiger partial charge in [0.1, 0.15) is 17.4 Å². The molecule has 4 rings (SSSR count). The number of carbonyl (C=O) groups is 3. The molecule has 0 radical (unpaired) electrons. The number of nitrogens with zero attached hydrogens (tertiary/aromatic N) is 4. The number of amides is 3. The first-order valence-electron chi connectivity index (χ1n) is 12.4. The van der Waals surface area contributed by atoms with Gasteiger partial charge < -0.3 is 25.0 Å². The maximum absolute atomic E-state index is 13.5. The highest BCUT2D eigenvalue weighted by Crippen LogP contribution is 2.28. The monoisotopic (exact) mass is 468 g/mol. The van der Waals surface area contributed by atoms with Crippen LogP contribution in [0.5, 0.6) is 0 Å². The van der Waals surface area contributed by atoms with Crippen molar-refractivity contribution in [1.82, 2.24) is 30.0 Å². The molecule has 2 N–H and O–H groups in total. The van der Waals surface area contributed by atoms with Crippen molar-refractivity contribution in [3.8, 4) is 0 Å². The van der Waals surface area contributed by atoms with E-state index in [9.17, 15) is 14.4 Å². The van der Waals surface area contributed by atoms with Gasteiger partial charge in [-0.05, 0) is 50.9 Å². The number of pyridine rings is 1. The third-order valence-corrected chi connectivity index (χ3v) is 7.40. The molecule has 2 aliphatic rings. The number of aromatic nitrogens is 2. The Bertz CT molecular complexity index is 1040. The number of hydrogen-bond donors (Lipinski definition) is 2. The molecule has 1 aliphatic heterocycles. The van der Waals surface area contributed by atoms with Crippen molar-refractivity contribution >= 4 is 28.8 Å². The van der Waals surface area contributed by atoms with Gasteiger partial charge in [-0.15, -0.1) is 0 Å². The van der Waals surface area contributed by atoms with Crippen molar-refractivity contribution in [3.63, 3.8) is 0 Å². The van der Waals surface area contributed by atoms with E-state index in [0.717, 1.165) is 36.7 Å². The molecule has 1 saturated heterocycles. The Hall–Kier alpha value is -2.94. The quantitative estimate of drug-likeness (QED) is 0.670. The summed E-state index contributed by atoms with van der Waals surface area (Å²) in [4.78, 5) is 47.3. The van der Waals surface area contributed by atoms with Crippen LogP contribution in [0.15, 0.2) is 24.4 Å². The maximum Gasteiger partial charge on any atom is 0.270 e. The highest BCUT2D eigenvalue weighted by atomic mass is 16.2. The van der Waals surface area contributed by atoms with E-state index in [1.54, 1.807) is 25.1 Å². The van der Waals surface area contributed by atoms with E-state index in [-0.39, 0.29) is 29.7 Å². The van der Waals surface area contributed by atoms with Crippen LogP contribution in [0.4, 0.5) is 0 Å². The topological polar surface area (TPSA) is 99.6 Å². The van der Waals surface area contributed by atoms with E-state index >= 15 is 0 Å². The molecular weight excluding hydrogens is 432 g/mol. The second-order valence-electron chi connectivity index (χ2n) is 9.52. The molecule has 1 aliphatic carbocycles. The minimum Gasteiger partial charge on any atom is -0.343 e. The normalized spacial score (nSPS) is 19.1. The molecule has 3 amide bonds. The molecule has 3 heterocycles. The summed E-state index contributed by atoms with van der Waals surface area (Å²) in [6, 6.07) is 4.82. The number of likely N-dealkylation sites (N-methyl/N-ethyl adjacent to an activating group) is 1. The van der Waals surface area contributed by atoms with Crippen molar-refractivity contribution < 1.29 is 14.4 Å². The fourth-order valence-electron chi connectivity index (χ4n) is 5.11. The highest BCUT2D eigenvalue weighted by Gasteiger charge is 2.36. The molecule has 0 spiro atoms. The van der Waals surface area contributed by atoms with Gasteiger partial charge in [0.2, 0.25) is 11.8 Å². The van der Waals surface area contributed by atoms with E-state index in [2.05, 4.69) is 15.6 Å².